The smallest absolute Gasteiger partial charge is 0.0899 e. The second-order valence-electron chi connectivity index (χ2n) is 4.48. The maximum atomic E-state index is 10.6. The number of aliphatic hydroxyl groups is 1. The summed E-state index contributed by atoms with van der Waals surface area (Å²) in [4.78, 5) is 0. The SMILES string of the molecule is COC1CCC(O)(c2cccc(Cl)c2)CC1. The van der Waals surface area contributed by atoms with Crippen LogP contribution in [0.5, 0.6) is 0 Å². The fraction of sp³-hybridized carbons (Fsp3) is 0.538. The molecule has 0 spiro atoms. The summed E-state index contributed by atoms with van der Waals surface area (Å²) in [5.41, 5.74) is 0.203. The highest BCUT2D eigenvalue weighted by molar-refractivity contribution is 6.30. The highest BCUT2D eigenvalue weighted by Gasteiger charge is 2.34. The minimum atomic E-state index is -0.722. The van der Waals surface area contributed by atoms with E-state index in [1.165, 1.54) is 0 Å². The molecule has 0 aliphatic heterocycles. The first-order chi connectivity index (χ1) is 7.64. The molecule has 1 aromatic rings. The molecule has 16 heavy (non-hydrogen) atoms. The maximum absolute atomic E-state index is 10.6. The fourth-order valence-corrected chi connectivity index (χ4v) is 2.56. The van der Waals surface area contributed by atoms with E-state index >= 15 is 0 Å². The lowest BCUT2D eigenvalue weighted by Crippen LogP contribution is -2.33. The third-order valence-electron chi connectivity index (χ3n) is 3.46. The number of methoxy groups -OCH3 is 1. The Hall–Kier alpha value is -0.570. The van der Waals surface area contributed by atoms with Crippen LogP contribution in [-0.4, -0.2) is 18.3 Å². The maximum Gasteiger partial charge on any atom is 0.0899 e. The quantitative estimate of drug-likeness (QED) is 0.861. The zero-order valence-corrected chi connectivity index (χ0v) is 10.2. The molecular formula is C13H17ClO2. The summed E-state index contributed by atoms with van der Waals surface area (Å²) in [6, 6.07) is 7.51. The molecule has 1 fully saturated rings. The van der Waals surface area contributed by atoms with Gasteiger partial charge in [0.1, 0.15) is 0 Å². The van der Waals surface area contributed by atoms with Gasteiger partial charge in [0.25, 0.3) is 0 Å². The van der Waals surface area contributed by atoms with Crippen molar-refractivity contribution in [3.05, 3.63) is 34.9 Å². The van der Waals surface area contributed by atoms with Crippen molar-refractivity contribution >= 4 is 11.6 Å². The van der Waals surface area contributed by atoms with Gasteiger partial charge < -0.3 is 9.84 Å². The van der Waals surface area contributed by atoms with Crippen molar-refractivity contribution < 1.29 is 9.84 Å². The molecule has 2 rings (SSSR count). The summed E-state index contributed by atoms with van der Waals surface area (Å²) in [5, 5.41) is 11.2. The lowest BCUT2D eigenvalue weighted by atomic mass is 9.78. The van der Waals surface area contributed by atoms with E-state index in [-0.39, 0.29) is 0 Å². The van der Waals surface area contributed by atoms with Gasteiger partial charge in [-0.3, -0.25) is 0 Å². The summed E-state index contributed by atoms with van der Waals surface area (Å²) in [5.74, 6) is 0. The monoisotopic (exact) mass is 240 g/mol. The van der Waals surface area contributed by atoms with Crippen molar-refractivity contribution in [1.82, 2.24) is 0 Å². The number of rotatable bonds is 2. The molecular weight excluding hydrogens is 224 g/mol. The van der Waals surface area contributed by atoms with Crippen LogP contribution in [0.15, 0.2) is 24.3 Å². The van der Waals surface area contributed by atoms with E-state index in [9.17, 15) is 5.11 Å². The van der Waals surface area contributed by atoms with Gasteiger partial charge in [-0.05, 0) is 43.4 Å². The molecule has 0 amide bonds. The number of ether oxygens (including phenoxy) is 1. The first-order valence-corrected chi connectivity index (χ1v) is 6.03. The molecule has 0 unspecified atom stereocenters. The molecule has 0 saturated heterocycles. The first-order valence-electron chi connectivity index (χ1n) is 5.65. The number of benzene rings is 1. The topological polar surface area (TPSA) is 29.5 Å². The lowest BCUT2D eigenvalue weighted by molar-refractivity contribution is -0.0474. The summed E-state index contributed by atoms with van der Waals surface area (Å²) in [6.07, 6.45) is 3.58. The van der Waals surface area contributed by atoms with Crippen LogP contribution >= 0.6 is 11.6 Å². The predicted molar refractivity (Wildman–Crippen MR) is 64.6 cm³/mol. The van der Waals surface area contributed by atoms with E-state index < -0.39 is 5.60 Å². The number of halogens is 1. The lowest BCUT2D eigenvalue weighted by Gasteiger charge is -2.36. The van der Waals surface area contributed by atoms with Crippen molar-refractivity contribution in [1.29, 1.82) is 0 Å². The summed E-state index contributed by atoms with van der Waals surface area (Å²) < 4.78 is 5.31. The molecule has 1 aliphatic rings. The van der Waals surface area contributed by atoms with Crippen LogP contribution in [0.1, 0.15) is 31.2 Å². The molecule has 1 saturated carbocycles. The molecule has 0 radical (unpaired) electrons. The summed E-state index contributed by atoms with van der Waals surface area (Å²) >= 11 is 5.95. The van der Waals surface area contributed by atoms with Gasteiger partial charge in [-0.25, -0.2) is 0 Å². The van der Waals surface area contributed by atoms with E-state index in [2.05, 4.69) is 0 Å². The largest absolute Gasteiger partial charge is 0.385 e. The fourth-order valence-electron chi connectivity index (χ4n) is 2.37. The zero-order valence-electron chi connectivity index (χ0n) is 9.45. The Morgan fingerprint density at radius 3 is 2.62 bits per heavy atom. The molecule has 0 atom stereocenters. The van der Waals surface area contributed by atoms with Crippen molar-refractivity contribution in [3.63, 3.8) is 0 Å². The third kappa shape index (κ3) is 2.40. The van der Waals surface area contributed by atoms with Crippen LogP contribution in [0, 0.1) is 0 Å². The molecule has 3 heteroatoms. The Labute approximate surface area is 101 Å². The Bertz CT molecular complexity index is 357. The van der Waals surface area contributed by atoms with Gasteiger partial charge in [-0.2, -0.15) is 0 Å². The van der Waals surface area contributed by atoms with Crippen molar-refractivity contribution in [2.75, 3.05) is 7.11 Å². The van der Waals surface area contributed by atoms with Crippen molar-refractivity contribution in [3.8, 4) is 0 Å². The van der Waals surface area contributed by atoms with Crippen molar-refractivity contribution in [2.24, 2.45) is 0 Å². The predicted octanol–water partition coefficient (Wildman–Crippen LogP) is 3.12. The Morgan fingerprint density at radius 2 is 2.06 bits per heavy atom. The van der Waals surface area contributed by atoms with Crippen LogP contribution in [0.3, 0.4) is 0 Å². The standard InChI is InChI=1S/C13H17ClO2/c1-16-12-5-7-13(15,8-6-12)10-3-2-4-11(14)9-10/h2-4,9,12,15H,5-8H2,1H3. The normalized spacial score (nSPS) is 30.3. The first kappa shape index (κ1) is 11.9. The van der Waals surface area contributed by atoms with E-state index in [1.54, 1.807) is 7.11 Å². The number of hydrogen-bond donors (Lipinski definition) is 1. The van der Waals surface area contributed by atoms with E-state index in [0.29, 0.717) is 11.1 Å². The average Bonchev–Trinajstić information content (AvgIpc) is 2.30. The molecule has 88 valence electrons. The second kappa shape index (κ2) is 4.74. The van der Waals surface area contributed by atoms with Gasteiger partial charge in [-0.1, -0.05) is 23.7 Å². The molecule has 1 N–H and O–H groups in total. The van der Waals surface area contributed by atoms with Gasteiger partial charge in [-0.15, -0.1) is 0 Å². The zero-order chi connectivity index (χ0) is 11.6. The molecule has 0 heterocycles. The minimum absolute atomic E-state index is 0.291. The van der Waals surface area contributed by atoms with Gasteiger partial charge in [0.2, 0.25) is 0 Å². The van der Waals surface area contributed by atoms with E-state index in [1.807, 2.05) is 24.3 Å². The molecule has 0 aromatic heterocycles. The van der Waals surface area contributed by atoms with Gasteiger partial charge in [0, 0.05) is 12.1 Å². The van der Waals surface area contributed by atoms with E-state index in [0.717, 1.165) is 31.2 Å². The van der Waals surface area contributed by atoms with Gasteiger partial charge in [0.15, 0.2) is 0 Å². The molecule has 1 aromatic carbocycles. The van der Waals surface area contributed by atoms with Gasteiger partial charge in [0.05, 0.1) is 11.7 Å². The Morgan fingerprint density at radius 1 is 1.38 bits per heavy atom. The van der Waals surface area contributed by atoms with Crippen LogP contribution < -0.4 is 0 Å². The van der Waals surface area contributed by atoms with Crippen LogP contribution in [0.4, 0.5) is 0 Å². The third-order valence-corrected chi connectivity index (χ3v) is 3.69. The minimum Gasteiger partial charge on any atom is -0.385 e. The molecule has 2 nitrogen and oxygen atoms in total. The van der Waals surface area contributed by atoms with Crippen molar-refractivity contribution in [2.45, 2.75) is 37.4 Å². The van der Waals surface area contributed by atoms with Crippen LogP contribution in [0.25, 0.3) is 0 Å². The van der Waals surface area contributed by atoms with Gasteiger partial charge >= 0.3 is 0 Å². The Balaban J connectivity index is 2.15. The summed E-state index contributed by atoms with van der Waals surface area (Å²) in [7, 11) is 1.73. The Kier molecular flexibility index (Phi) is 3.53. The van der Waals surface area contributed by atoms with Crippen LogP contribution in [0.2, 0.25) is 5.02 Å². The van der Waals surface area contributed by atoms with Crippen LogP contribution in [-0.2, 0) is 10.3 Å². The molecule has 1 aliphatic carbocycles. The highest BCUT2D eigenvalue weighted by atomic mass is 35.5. The number of hydrogen-bond acceptors (Lipinski definition) is 2. The van der Waals surface area contributed by atoms with E-state index in [4.69, 9.17) is 16.3 Å². The highest BCUT2D eigenvalue weighted by Crippen LogP contribution is 2.38. The summed E-state index contributed by atoms with van der Waals surface area (Å²) in [6.45, 7) is 0. The molecule has 0 bridgehead atoms. The second-order valence-corrected chi connectivity index (χ2v) is 4.91. The average molecular weight is 241 g/mol.